The molecule has 0 saturated heterocycles. The molecule has 0 aliphatic heterocycles. The maximum absolute atomic E-state index is 6.01. The number of aryl methyl sites for hydroxylation is 1. The highest BCUT2D eigenvalue weighted by Gasteiger charge is 2.31. The molecule has 2 aliphatic rings. The van der Waals surface area contributed by atoms with E-state index in [4.69, 9.17) is 5.73 Å². The van der Waals surface area contributed by atoms with Crippen molar-refractivity contribution in [3.8, 4) is 0 Å². The van der Waals surface area contributed by atoms with Crippen molar-refractivity contribution in [1.82, 2.24) is 4.98 Å². The first-order valence-electron chi connectivity index (χ1n) is 7.04. The molecule has 0 spiro atoms. The Morgan fingerprint density at radius 2 is 1.94 bits per heavy atom. The molecule has 0 aromatic carbocycles. The van der Waals surface area contributed by atoms with Crippen LogP contribution in [0.5, 0.6) is 0 Å². The van der Waals surface area contributed by atoms with Gasteiger partial charge in [-0.25, -0.2) is 0 Å². The van der Waals surface area contributed by atoms with Crippen LogP contribution in [0.1, 0.15) is 55.7 Å². The van der Waals surface area contributed by atoms with Gasteiger partial charge in [0, 0.05) is 23.9 Å². The minimum absolute atomic E-state index is 0.457. The first-order valence-corrected chi connectivity index (χ1v) is 7.04. The fourth-order valence-electron chi connectivity index (χ4n) is 3.65. The van der Waals surface area contributed by atoms with Crippen LogP contribution in [-0.4, -0.2) is 11.0 Å². The van der Waals surface area contributed by atoms with Gasteiger partial charge in [0.1, 0.15) is 0 Å². The fourth-order valence-corrected chi connectivity index (χ4v) is 3.65. The van der Waals surface area contributed by atoms with Crippen LogP contribution < -0.4 is 5.73 Å². The molecule has 1 saturated carbocycles. The number of fused-ring (bicyclic) bond motifs is 1. The number of pyridine rings is 1. The van der Waals surface area contributed by atoms with E-state index >= 15 is 0 Å². The highest BCUT2D eigenvalue weighted by molar-refractivity contribution is 5.26. The molecule has 17 heavy (non-hydrogen) atoms. The summed E-state index contributed by atoms with van der Waals surface area (Å²) >= 11 is 0. The predicted octanol–water partition coefficient (Wildman–Crippen LogP) is 3.02. The topological polar surface area (TPSA) is 38.9 Å². The Balaban J connectivity index is 1.80. The number of aromatic nitrogens is 1. The number of hydrogen-bond donors (Lipinski definition) is 1. The molecule has 2 nitrogen and oxygen atoms in total. The van der Waals surface area contributed by atoms with Gasteiger partial charge in [0.2, 0.25) is 0 Å². The first-order chi connectivity index (χ1) is 8.34. The molecule has 1 heterocycles. The van der Waals surface area contributed by atoms with Gasteiger partial charge in [-0.3, -0.25) is 4.98 Å². The summed E-state index contributed by atoms with van der Waals surface area (Å²) < 4.78 is 0. The van der Waals surface area contributed by atoms with Gasteiger partial charge >= 0.3 is 0 Å². The molecule has 0 bridgehead atoms. The van der Waals surface area contributed by atoms with Crippen molar-refractivity contribution in [2.24, 2.45) is 11.7 Å². The molecule has 92 valence electrons. The zero-order chi connectivity index (χ0) is 11.7. The number of nitrogens with zero attached hydrogens (tertiary/aromatic N) is 1. The minimum atomic E-state index is 0.457. The zero-order valence-electron chi connectivity index (χ0n) is 10.4. The molecule has 2 heteroatoms. The van der Waals surface area contributed by atoms with E-state index in [1.165, 1.54) is 56.2 Å². The van der Waals surface area contributed by atoms with E-state index in [2.05, 4.69) is 17.1 Å². The van der Waals surface area contributed by atoms with Gasteiger partial charge in [-0.2, -0.15) is 0 Å². The molecule has 2 N–H and O–H groups in total. The van der Waals surface area contributed by atoms with E-state index in [0.717, 1.165) is 5.92 Å². The van der Waals surface area contributed by atoms with E-state index in [9.17, 15) is 0 Å². The lowest BCUT2D eigenvalue weighted by Gasteiger charge is -2.35. The largest absolute Gasteiger partial charge is 0.328 e. The number of hydrogen-bond acceptors (Lipinski definition) is 2. The van der Waals surface area contributed by atoms with Gasteiger partial charge in [-0.1, -0.05) is 6.07 Å². The summed E-state index contributed by atoms with van der Waals surface area (Å²) in [6.45, 7) is 0. The molecule has 2 aliphatic carbocycles. The Hall–Kier alpha value is -0.890. The zero-order valence-corrected chi connectivity index (χ0v) is 10.4. The van der Waals surface area contributed by atoms with E-state index in [0.29, 0.717) is 12.0 Å². The maximum atomic E-state index is 6.01. The molecule has 1 aromatic rings. The third-order valence-electron chi connectivity index (χ3n) is 4.62. The molecule has 0 amide bonds. The van der Waals surface area contributed by atoms with Gasteiger partial charge in [0.05, 0.1) is 0 Å². The summed E-state index contributed by atoms with van der Waals surface area (Å²) in [5.41, 5.74) is 8.91. The summed E-state index contributed by atoms with van der Waals surface area (Å²) in [5, 5.41) is 0. The fraction of sp³-hybridized carbons (Fsp3) is 0.667. The number of nitrogens with two attached hydrogens (primary N) is 1. The summed E-state index contributed by atoms with van der Waals surface area (Å²) in [6.07, 6.45) is 10.9. The predicted molar refractivity (Wildman–Crippen MR) is 69.8 cm³/mol. The second-order valence-electron chi connectivity index (χ2n) is 5.72. The molecule has 1 atom stereocenters. The van der Waals surface area contributed by atoms with Crippen molar-refractivity contribution < 1.29 is 0 Å². The normalized spacial score (nSPS) is 33.1. The second kappa shape index (κ2) is 4.77. The van der Waals surface area contributed by atoms with Gasteiger partial charge in [0.25, 0.3) is 0 Å². The van der Waals surface area contributed by atoms with Crippen LogP contribution in [-0.2, 0) is 6.42 Å². The Bertz CT molecular complexity index is 380. The van der Waals surface area contributed by atoms with Gasteiger partial charge < -0.3 is 5.73 Å². The lowest BCUT2D eigenvalue weighted by atomic mass is 9.72. The third-order valence-corrected chi connectivity index (χ3v) is 4.62. The summed E-state index contributed by atoms with van der Waals surface area (Å²) in [5.74, 6) is 1.55. The Kier molecular flexibility index (Phi) is 3.15. The maximum Gasteiger partial charge on any atom is 0.0469 e. The smallest absolute Gasteiger partial charge is 0.0469 e. The monoisotopic (exact) mass is 230 g/mol. The highest BCUT2D eigenvalue weighted by Crippen LogP contribution is 2.41. The number of rotatable bonds is 1. The van der Waals surface area contributed by atoms with Crippen molar-refractivity contribution >= 4 is 0 Å². The van der Waals surface area contributed by atoms with E-state index in [1.807, 2.05) is 6.20 Å². The Labute approximate surface area is 104 Å². The summed E-state index contributed by atoms with van der Waals surface area (Å²) in [7, 11) is 0. The lowest BCUT2D eigenvalue weighted by molar-refractivity contribution is 0.261. The molecule has 1 aromatic heterocycles. The lowest BCUT2D eigenvalue weighted by Crippen LogP contribution is -2.30. The molecule has 0 radical (unpaired) electrons. The van der Waals surface area contributed by atoms with Crippen molar-refractivity contribution in [3.63, 3.8) is 0 Å². The van der Waals surface area contributed by atoms with Crippen LogP contribution in [0.4, 0.5) is 0 Å². The van der Waals surface area contributed by atoms with Gasteiger partial charge in [-0.05, 0) is 62.5 Å². The van der Waals surface area contributed by atoms with Crippen LogP contribution >= 0.6 is 0 Å². The molecule has 3 rings (SSSR count). The minimum Gasteiger partial charge on any atom is -0.328 e. The molecular weight excluding hydrogens is 208 g/mol. The third kappa shape index (κ3) is 2.23. The van der Waals surface area contributed by atoms with E-state index in [1.54, 1.807) is 0 Å². The summed E-state index contributed by atoms with van der Waals surface area (Å²) in [6, 6.07) is 4.80. The van der Waals surface area contributed by atoms with Crippen molar-refractivity contribution in [2.75, 3.05) is 0 Å². The molecular formula is C15H22N2. The average Bonchev–Trinajstić information content (AvgIpc) is 2.39. The van der Waals surface area contributed by atoms with Gasteiger partial charge in [0.15, 0.2) is 0 Å². The molecule has 1 unspecified atom stereocenters. The van der Waals surface area contributed by atoms with Crippen molar-refractivity contribution in [3.05, 3.63) is 29.6 Å². The van der Waals surface area contributed by atoms with Crippen molar-refractivity contribution in [2.45, 2.75) is 56.9 Å². The SMILES string of the molecule is NC1CCC(C2CCCc3cccnc32)CC1. The van der Waals surface area contributed by atoms with Crippen LogP contribution in [0.3, 0.4) is 0 Å². The Morgan fingerprint density at radius 1 is 1.12 bits per heavy atom. The quantitative estimate of drug-likeness (QED) is 0.805. The van der Waals surface area contributed by atoms with Crippen LogP contribution in [0, 0.1) is 5.92 Å². The highest BCUT2D eigenvalue weighted by atomic mass is 14.7. The standard InChI is InChI=1S/C15H22N2/c16-13-8-6-11(7-9-13)14-5-1-3-12-4-2-10-17-15(12)14/h2,4,10-11,13-14H,1,3,5-9,16H2. The van der Waals surface area contributed by atoms with Crippen LogP contribution in [0.2, 0.25) is 0 Å². The Morgan fingerprint density at radius 3 is 2.76 bits per heavy atom. The van der Waals surface area contributed by atoms with Gasteiger partial charge in [-0.15, -0.1) is 0 Å². The van der Waals surface area contributed by atoms with Crippen LogP contribution in [0.15, 0.2) is 18.3 Å². The molecule has 1 fully saturated rings. The van der Waals surface area contributed by atoms with E-state index in [-0.39, 0.29) is 0 Å². The van der Waals surface area contributed by atoms with Crippen LogP contribution in [0.25, 0.3) is 0 Å². The average molecular weight is 230 g/mol. The first kappa shape index (κ1) is 11.2. The summed E-state index contributed by atoms with van der Waals surface area (Å²) in [4.78, 5) is 4.66. The second-order valence-corrected chi connectivity index (χ2v) is 5.72. The van der Waals surface area contributed by atoms with Crippen molar-refractivity contribution in [1.29, 1.82) is 0 Å². The van der Waals surface area contributed by atoms with E-state index < -0.39 is 0 Å².